The molecule has 0 fully saturated rings. The molecule has 2 heteroatoms. The van der Waals surface area contributed by atoms with E-state index in [4.69, 9.17) is 4.42 Å². The summed E-state index contributed by atoms with van der Waals surface area (Å²) in [5.74, 6) is 0. The van der Waals surface area contributed by atoms with Gasteiger partial charge in [-0.05, 0) is 139 Å². The molecule has 0 N–H and O–H groups in total. The summed E-state index contributed by atoms with van der Waals surface area (Å²) in [5.41, 5.74) is 23.6. The number of hydrogen-bond donors (Lipinski definition) is 0. The van der Waals surface area contributed by atoms with E-state index in [2.05, 4.69) is 213 Å². The molecular formula is C60H43NO. The largest absolute Gasteiger partial charge is 0.456 e. The lowest BCUT2D eigenvalue weighted by molar-refractivity contribution is 0.626. The van der Waals surface area contributed by atoms with Gasteiger partial charge >= 0.3 is 0 Å². The molecule has 1 aromatic heterocycles. The lowest BCUT2D eigenvalue weighted by atomic mass is 9.73. The van der Waals surface area contributed by atoms with E-state index in [1.165, 1.54) is 66.8 Å². The molecule has 0 aliphatic heterocycles. The Balaban J connectivity index is 0.996. The summed E-state index contributed by atoms with van der Waals surface area (Å²) >= 11 is 0. The number of para-hydroxylation sites is 1. The molecule has 1 spiro atoms. The van der Waals surface area contributed by atoms with Gasteiger partial charge in [0.2, 0.25) is 0 Å². The maximum atomic E-state index is 6.37. The number of benzene rings is 9. The van der Waals surface area contributed by atoms with E-state index in [9.17, 15) is 0 Å². The second kappa shape index (κ2) is 13.0. The fraction of sp³-hybridized carbons (Fsp3) is 0.100. The second-order valence-corrected chi connectivity index (χ2v) is 17.9. The highest BCUT2D eigenvalue weighted by molar-refractivity contribution is 6.12. The average molecular weight is 794 g/mol. The zero-order chi connectivity index (χ0) is 41.2. The number of aryl methyl sites for hydroxylation is 1. The monoisotopic (exact) mass is 793 g/mol. The van der Waals surface area contributed by atoms with Gasteiger partial charge in [-0.15, -0.1) is 0 Å². The SMILES string of the molecule is CC1(C)c2ccccc2-c2cccc(-c3ccc(N(c4cccc(-c5cccc6oc7ccccc7c56)c4)c4ccc5c(c4)C4(CCc6ccccc64)c4ccccc4-5)cc3)c21. The number of anilines is 3. The van der Waals surface area contributed by atoms with E-state index >= 15 is 0 Å². The molecule has 0 radical (unpaired) electrons. The summed E-state index contributed by atoms with van der Waals surface area (Å²) in [6, 6.07) is 74.4. The third-order valence-corrected chi connectivity index (χ3v) is 14.5. The fourth-order valence-corrected chi connectivity index (χ4v) is 11.8. The normalized spacial score (nSPS) is 16.3. The van der Waals surface area contributed by atoms with E-state index in [1.54, 1.807) is 0 Å². The standard InChI is InChI=1S/C60H43NO/c1-59(2)52-24-8-4-18-47(52)49-22-12-21-45(58(49)59)38-28-30-41(31-29-38)61(42-16-11-15-40(36-42)44-20-13-27-56-57(44)50-19-6-10-26-55(50)62-56)43-32-33-48-46-17-5-9-25-53(46)60(54(48)37-43)35-34-39-14-3-7-23-51(39)60/h3-33,36-37H,34-35H2,1-2H3. The van der Waals surface area contributed by atoms with E-state index in [0.717, 1.165) is 63.0 Å². The van der Waals surface area contributed by atoms with Gasteiger partial charge in [-0.2, -0.15) is 0 Å². The van der Waals surface area contributed by atoms with Crippen LogP contribution in [0.3, 0.4) is 0 Å². The minimum Gasteiger partial charge on any atom is -0.456 e. The highest BCUT2D eigenvalue weighted by Crippen LogP contribution is 2.59. The van der Waals surface area contributed by atoms with Crippen molar-refractivity contribution in [1.82, 2.24) is 0 Å². The third kappa shape index (κ3) is 4.86. The van der Waals surface area contributed by atoms with Gasteiger partial charge < -0.3 is 9.32 Å². The Hall–Kier alpha value is -7.42. The van der Waals surface area contributed by atoms with Crippen LogP contribution in [0.1, 0.15) is 53.6 Å². The van der Waals surface area contributed by atoms with Gasteiger partial charge in [0.15, 0.2) is 0 Å². The van der Waals surface area contributed by atoms with Crippen molar-refractivity contribution in [2.75, 3.05) is 4.90 Å². The number of rotatable bonds is 5. The molecule has 294 valence electrons. The number of nitrogens with zero attached hydrogens (tertiary/aromatic N) is 1. The van der Waals surface area contributed by atoms with Crippen molar-refractivity contribution < 1.29 is 4.42 Å². The maximum Gasteiger partial charge on any atom is 0.136 e. The quantitative estimate of drug-likeness (QED) is 0.173. The van der Waals surface area contributed by atoms with Crippen molar-refractivity contribution in [3.63, 3.8) is 0 Å². The topological polar surface area (TPSA) is 16.4 Å². The number of furan rings is 1. The Bertz CT molecular complexity index is 3460. The Morgan fingerprint density at radius 2 is 1.03 bits per heavy atom. The lowest BCUT2D eigenvalue weighted by Gasteiger charge is -2.31. The van der Waals surface area contributed by atoms with Crippen LogP contribution < -0.4 is 4.90 Å². The smallest absolute Gasteiger partial charge is 0.136 e. The molecule has 3 aliphatic rings. The van der Waals surface area contributed by atoms with Crippen LogP contribution in [0.5, 0.6) is 0 Å². The van der Waals surface area contributed by atoms with Gasteiger partial charge in [-0.25, -0.2) is 0 Å². The number of hydrogen-bond acceptors (Lipinski definition) is 2. The van der Waals surface area contributed by atoms with E-state index < -0.39 is 0 Å². The van der Waals surface area contributed by atoms with Crippen molar-refractivity contribution in [3.8, 4) is 44.5 Å². The lowest BCUT2D eigenvalue weighted by Crippen LogP contribution is -2.24. The average Bonchev–Trinajstić information content (AvgIpc) is 4.05. The first-order valence-corrected chi connectivity index (χ1v) is 22.0. The minimum atomic E-state index is -0.189. The molecule has 0 bridgehead atoms. The Morgan fingerprint density at radius 1 is 0.419 bits per heavy atom. The van der Waals surface area contributed by atoms with E-state index in [0.29, 0.717) is 0 Å². The third-order valence-electron chi connectivity index (χ3n) is 14.5. The van der Waals surface area contributed by atoms with E-state index in [-0.39, 0.29) is 10.8 Å². The Kier molecular flexibility index (Phi) is 7.43. The molecule has 1 atom stereocenters. The summed E-state index contributed by atoms with van der Waals surface area (Å²) in [6.45, 7) is 4.75. The van der Waals surface area contributed by atoms with Crippen LogP contribution in [-0.2, 0) is 17.3 Å². The minimum absolute atomic E-state index is 0.104. The van der Waals surface area contributed by atoms with Crippen molar-refractivity contribution in [3.05, 3.63) is 234 Å². The van der Waals surface area contributed by atoms with Crippen LogP contribution in [0.2, 0.25) is 0 Å². The predicted octanol–water partition coefficient (Wildman–Crippen LogP) is 16.0. The zero-order valence-electron chi connectivity index (χ0n) is 34.8. The molecule has 0 saturated carbocycles. The molecule has 2 nitrogen and oxygen atoms in total. The molecule has 13 rings (SSSR count). The summed E-state index contributed by atoms with van der Waals surface area (Å²) < 4.78 is 6.37. The maximum absolute atomic E-state index is 6.37. The Morgan fingerprint density at radius 3 is 1.90 bits per heavy atom. The van der Waals surface area contributed by atoms with Crippen LogP contribution in [0, 0.1) is 0 Å². The van der Waals surface area contributed by atoms with Crippen LogP contribution in [0.25, 0.3) is 66.4 Å². The first-order chi connectivity index (χ1) is 30.5. The molecule has 1 unspecified atom stereocenters. The van der Waals surface area contributed by atoms with Crippen molar-refractivity contribution in [2.24, 2.45) is 0 Å². The summed E-state index contributed by atoms with van der Waals surface area (Å²) in [6.07, 6.45) is 2.13. The summed E-state index contributed by atoms with van der Waals surface area (Å²) in [7, 11) is 0. The van der Waals surface area contributed by atoms with Gasteiger partial charge in [-0.3, -0.25) is 0 Å². The van der Waals surface area contributed by atoms with Gasteiger partial charge in [0.05, 0.1) is 0 Å². The molecule has 0 amide bonds. The molecule has 10 aromatic rings. The summed E-state index contributed by atoms with van der Waals surface area (Å²) in [5, 5.41) is 2.28. The molecule has 9 aromatic carbocycles. The number of fused-ring (bicyclic) bond motifs is 13. The zero-order valence-corrected chi connectivity index (χ0v) is 34.8. The van der Waals surface area contributed by atoms with Gasteiger partial charge in [-0.1, -0.05) is 166 Å². The first kappa shape index (κ1) is 35.3. The molecular weight excluding hydrogens is 751 g/mol. The molecule has 0 saturated heterocycles. The van der Waals surface area contributed by atoms with Gasteiger partial charge in [0.25, 0.3) is 0 Å². The molecule has 62 heavy (non-hydrogen) atoms. The summed E-state index contributed by atoms with van der Waals surface area (Å²) in [4.78, 5) is 2.47. The second-order valence-electron chi connectivity index (χ2n) is 17.9. The predicted molar refractivity (Wildman–Crippen MR) is 257 cm³/mol. The first-order valence-electron chi connectivity index (χ1n) is 22.0. The van der Waals surface area contributed by atoms with Gasteiger partial charge in [0, 0.05) is 38.7 Å². The van der Waals surface area contributed by atoms with Crippen LogP contribution in [-0.4, -0.2) is 0 Å². The Labute approximate surface area is 362 Å². The fourth-order valence-electron chi connectivity index (χ4n) is 11.8. The highest BCUT2D eigenvalue weighted by atomic mass is 16.3. The van der Waals surface area contributed by atoms with Crippen LogP contribution in [0.4, 0.5) is 17.1 Å². The van der Waals surface area contributed by atoms with Crippen molar-refractivity contribution in [1.29, 1.82) is 0 Å². The highest BCUT2D eigenvalue weighted by Gasteiger charge is 2.48. The van der Waals surface area contributed by atoms with Crippen LogP contribution in [0.15, 0.2) is 205 Å². The van der Waals surface area contributed by atoms with E-state index in [1.807, 2.05) is 6.07 Å². The van der Waals surface area contributed by atoms with Crippen molar-refractivity contribution >= 4 is 39.0 Å². The van der Waals surface area contributed by atoms with Gasteiger partial charge in [0.1, 0.15) is 11.2 Å². The molecule has 3 aliphatic carbocycles. The molecule has 1 heterocycles. The van der Waals surface area contributed by atoms with Crippen molar-refractivity contribution in [2.45, 2.75) is 37.5 Å². The van der Waals surface area contributed by atoms with Crippen LogP contribution >= 0.6 is 0 Å².